The maximum atomic E-state index is 10.9. The molecule has 16 heavy (non-hydrogen) atoms. The molecule has 0 aromatic heterocycles. The average Bonchev–Trinajstić information content (AvgIpc) is 2.62. The molecule has 1 aliphatic carbocycles. The van der Waals surface area contributed by atoms with E-state index in [1.54, 1.807) is 0 Å². The third kappa shape index (κ3) is 3.06. The second-order valence-corrected chi connectivity index (χ2v) is 6.21. The molecule has 1 aromatic carbocycles. The number of aryl methyl sites for hydroxylation is 2. The fraction of sp³-hybridized carbons (Fsp3) is 0.500. The summed E-state index contributed by atoms with van der Waals surface area (Å²) in [5.74, 6) is 0. The predicted octanol–water partition coefficient (Wildman–Crippen LogP) is 1.27. The zero-order valence-corrected chi connectivity index (χ0v) is 10.3. The van der Waals surface area contributed by atoms with Crippen molar-refractivity contribution in [2.45, 2.75) is 25.7 Å². The Morgan fingerprint density at radius 3 is 2.75 bits per heavy atom. The molecule has 0 saturated carbocycles. The number of rotatable bonds is 4. The van der Waals surface area contributed by atoms with E-state index in [1.165, 1.54) is 42.2 Å². The Kier molecular flexibility index (Phi) is 3.30. The molecule has 0 saturated heterocycles. The summed E-state index contributed by atoms with van der Waals surface area (Å²) >= 11 is 0. The summed E-state index contributed by atoms with van der Waals surface area (Å²) < 4.78 is 24.3. The van der Waals surface area contributed by atoms with Gasteiger partial charge in [0.25, 0.3) is 0 Å². The fourth-order valence-electron chi connectivity index (χ4n) is 2.16. The second-order valence-electron chi connectivity index (χ2n) is 4.37. The molecule has 0 heterocycles. The van der Waals surface area contributed by atoms with Crippen molar-refractivity contribution in [1.82, 2.24) is 4.72 Å². The van der Waals surface area contributed by atoms with Gasteiger partial charge in [-0.25, -0.2) is 13.1 Å². The van der Waals surface area contributed by atoms with Gasteiger partial charge in [-0.3, -0.25) is 0 Å². The van der Waals surface area contributed by atoms with Crippen molar-refractivity contribution in [3.05, 3.63) is 34.9 Å². The van der Waals surface area contributed by atoms with Gasteiger partial charge in [-0.1, -0.05) is 18.2 Å². The number of nitrogens with one attached hydrogen (secondary N) is 1. The van der Waals surface area contributed by atoms with E-state index in [0.717, 1.165) is 6.42 Å². The quantitative estimate of drug-likeness (QED) is 0.860. The first-order chi connectivity index (χ1) is 7.54. The van der Waals surface area contributed by atoms with Crippen LogP contribution < -0.4 is 4.72 Å². The predicted molar refractivity (Wildman–Crippen MR) is 65.0 cm³/mol. The van der Waals surface area contributed by atoms with Crippen LogP contribution in [0.4, 0.5) is 0 Å². The highest BCUT2D eigenvalue weighted by Gasteiger charge is 2.10. The van der Waals surface area contributed by atoms with Gasteiger partial charge in [0, 0.05) is 6.54 Å². The van der Waals surface area contributed by atoms with Gasteiger partial charge in [-0.15, -0.1) is 0 Å². The summed E-state index contributed by atoms with van der Waals surface area (Å²) in [4.78, 5) is 0. The van der Waals surface area contributed by atoms with Crippen LogP contribution in [-0.2, 0) is 29.3 Å². The van der Waals surface area contributed by atoms with Crippen molar-refractivity contribution in [3.8, 4) is 0 Å². The summed E-state index contributed by atoms with van der Waals surface area (Å²) in [6.07, 6.45) is 5.57. The van der Waals surface area contributed by atoms with Crippen LogP contribution in [0.1, 0.15) is 23.1 Å². The molecule has 0 atom stereocenters. The molecule has 1 aliphatic rings. The largest absolute Gasteiger partial charge is 0.215 e. The Balaban J connectivity index is 1.95. The van der Waals surface area contributed by atoms with Gasteiger partial charge >= 0.3 is 0 Å². The Labute approximate surface area is 96.9 Å². The van der Waals surface area contributed by atoms with Crippen LogP contribution in [0.25, 0.3) is 0 Å². The van der Waals surface area contributed by atoms with Crippen LogP contribution in [-0.4, -0.2) is 21.2 Å². The van der Waals surface area contributed by atoms with E-state index >= 15 is 0 Å². The first kappa shape index (κ1) is 11.6. The number of hydrogen-bond donors (Lipinski definition) is 1. The van der Waals surface area contributed by atoms with Crippen molar-refractivity contribution in [3.63, 3.8) is 0 Å². The lowest BCUT2D eigenvalue weighted by Gasteiger charge is -2.05. The van der Waals surface area contributed by atoms with Gasteiger partial charge in [0.05, 0.1) is 6.26 Å². The van der Waals surface area contributed by atoms with Crippen molar-refractivity contribution in [2.24, 2.45) is 0 Å². The van der Waals surface area contributed by atoms with E-state index in [-0.39, 0.29) is 0 Å². The number of sulfonamides is 1. The normalized spacial score (nSPS) is 15.1. The molecule has 88 valence electrons. The van der Waals surface area contributed by atoms with Crippen LogP contribution in [0.15, 0.2) is 18.2 Å². The lowest BCUT2D eigenvalue weighted by atomic mass is 10.0. The first-order valence-electron chi connectivity index (χ1n) is 5.60. The summed E-state index contributed by atoms with van der Waals surface area (Å²) in [6.45, 7) is 0.484. The number of fused-ring (bicyclic) bond motifs is 1. The maximum Gasteiger partial charge on any atom is 0.208 e. The van der Waals surface area contributed by atoms with E-state index in [2.05, 4.69) is 22.9 Å². The van der Waals surface area contributed by atoms with Crippen molar-refractivity contribution in [2.75, 3.05) is 12.8 Å². The van der Waals surface area contributed by atoms with Crippen molar-refractivity contribution in [1.29, 1.82) is 0 Å². The van der Waals surface area contributed by atoms with Gasteiger partial charge < -0.3 is 0 Å². The molecule has 3 nitrogen and oxygen atoms in total. The standard InChI is InChI=1S/C12H17NO2S/c1-16(14,15)13-8-7-10-5-6-11-3-2-4-12(11)9-10/h5-6,9,13H,2-4,7-8H2,1H3. The summed E-state index contributed by atoms with van der Waals surface area (Å²) in [5.41, 5.74) is 4.12. The average molecular weight is 239 g/mol. The second kappa shape index (κ2) is 4.55. The first-order valence-corrected chi connectivity index (χ1v) is 7.49. The molecule has 0 amide bonds. The lowest BCUT2D eigenvalue weighted by molar-refractivity contribution is 0.588. The molecule has 4 heteroatoms. The molecule has 0 unspecified atom stereocenters. The highest BCUT2D eigenvalue weighted by atomic mass is 32.2. The minimum Gasteiger partial charge on any atom is -0.215 e. The molecule has 1 aromatic rings. The third-order valence-electron chi connectivity index (χ3n) is 2.94. The van der Waals surface area contributed by atoms with Crippen molar-refractivity contribution >= 4 is 10.0 Å². The highest BCUT2D eigenvalue weighted by molar-refractivity contribution is 7.88. The molecular weight excluding hydrogens is 222 g/mol. The van der Waals surface area contributed by atoms with Crippen LogP contribution >= 0.6 is 0 Å². The zero-order valence-electron chi connectivity index (χ0n) is 9.49. The van der Waals surface area contributed by atoms with E-state index in [0.29, 0.717) is 6.54 Å². The molecule has 0 spiro atoms. The third-order valence-corrected chi connectivity index (χ3v) is 3.67. The van der Waals surface area contributed by atoms with E-state index < -0.39 is 10.0 Å². The highest BCUT2D eigenvalue weighted by Crippen LogP contribution is 2.22. The minimum atomic E-state index is -3.06. The Bertz CT molecular complexity index is 480. The molecule has 0 bridgehead atoms. The fourth-order valence-corrected chi connectivity index (χ4v) is 2.63. The SMILES string of the molecule is CS(=O)(=O)NCCc1ccc2c(c1)CCC2. The Hall–Kier alpha value is -0.870. The van der Waals surface area contributed by atoms with Gasteiger partial charge in [0.2, 0.25) is 10.0 Å². The topological polar surface area (TPSA) is 46.2 Å². The molecule has 1 N–H and O–H groups in total. The summed E-state index contributed by atoms with van der Waals surface area (Å²) in [6, 6.07) is 6.50. The monoisotopic (exact) mass is 239 g/mol. The van der Waals surface area contributed by atoms with Crippen LogP contribution in [0.5, 0.6) is 0 Å². The van der Waals surface area contributed by atoms with Crippen LogP contribution in [0, 0.1) is 0 Å². The molecule has 0 fully saturated rings. The summed E-state index contributed by atoms with van der Waals surface area (Å²) in [7, 11) is -3.06. The summed E-state index contributed by atoms with van der Waals surface area (Å²) in [5, 5.41) is 0. The van der Waals surface area contributed by atoms with Gasteiger partial charge in [0.15, 0.2) is 0 Å². The Morgan fingerprint density at radius 2 is 2.00 bits per heavy atom. The molecular formula is C12H17NO2S. The van der Waals surface area contributed by atoms with Crippen LogP contribution in [0.2, 0.25) is 0 Å². The molecule has 2 rings (SSSR count). The lowest BCUT2D eigenvalue weighted by Crippen LogP contribution is -2.24. The Morgan fingerprint density at radius 1 is 1.25 bits per heavy atom. The number of benzene rings is 1. The van der Waals surface area contributed by atoms with E-state index in [1.807, 2.05) is 0 Å². The number of hydrogen-bond acceptors (Lipinski definition) is 2. The van der Waals surface area contributed by atoms with Gasteiger partial charge in [-0.2, -0.15) is 0 Å². The van der Waals surface area contributed by atoms with E-state index in [9.17, 15) is 8.42 Å². The van der Waals surface area contributed by atoms with Gasteiger partial charge in [0.1, 0.15) is 0 Å². The van der Waals surface area contributed by atoms with Crippen molar-refractivity contribution < 1.29 is 8.42 Å². The molecule has 0 aliphatic heterocycles. The molecule has 0 radical (unpaired) electrons. The van der Waals surface area contributed by atoms with Crippen LogP contribution in [0.3, 0.4) is 0 Å². The zero-order chi connectivity index (χ0) is 11.6. The van der Waals surface area contributed by atoms with Gasteiger partial charge in [-0.05, 0) is 42.4 Å². The minimum absolute atomic E-state index is 0.484. The smallest absolute Gasteiger partial charge is 0.208 e. The maximum absolute atomic E-state index is 10.9. The van der Waals surface area contributed by atoms with E-state index in [4.69, 9.17) is 0 Å².